The normalized spacial score (nSPS) is 10.3. The molecule has 0 heterocycles. The minimum absolute atomic E-state index is 0.129. The summed E-state index contributed by atoms with van der Waals surface area (Å²) in [6.45, 7) is 0. The Morgan fingerprint density at radius 2 is 1.83 bits per heavy atom. The molecule has 0 aliphatic heterocycles. The summed E-state index contributed by atoms with van der Waals surface area (Å²) in [4.78, 5) is 23.1. The third-order valence-corrected chi connectivity index (χ3v) is 5.79. The lowest BCUT2D eigenvalue weighted by molar-refractivity contribution is -0.136. The Balaban J connectivity index is 2.51. The first kappa shape index (κ1) is 19.7. The standard InChI is InChI=1S/C16H12I3NO4/c1-20-16(23)13-9(17)7-10(18)15(14(13)19)24-11-5-3-2-4-8(11)6-12(21)22/h2-5,7H,6H2,1H3,(H,20,23)(H,21,22). The molecule has 0 aromatic heterocycles. The highest BCUT2D eigenvalue weighted by Crippen LogP contribution is 2.37. The van der Waals surface area contributed by atoms with Gasteiger partial charge in [0, 0.05) is 16.2 Å². The predicted octanol–water partition coefficient (Wildman–Crippen LogP) is 4.28. The lowest BCUT2D eigenvalue weighted by atomic mass is 10.1. The predicted molar refractivity (Wildman–Crippen MR) is 116 cm³/mol. The number of benzene rings is 2. The van der Waals surface area contributed by atoms with Crippen LogP contribution in [0.1, 0.15) is 15.9 Å². The second-order valence-corrected chi connectivity index (χ2v) is 8.12. The number of amides is 1. The van der Waals surface area contributed by atoms with E-state index in [1.807, 2.05) is 6.07 Å². The molecular weight excluding hydrogens is 651 g/mol. The van der Waals surface area contributed by atoms with Gasteiger partial charge in [0.2, 0.25) is 0 Å². The molecule has 0 atom stereocenters. The molecule has 24 heavy (non-hydrogen) atoms. The number of halogens is 3. The molecule has 0 bridgehead atoms. The van der Waals surface area contributed by atoms with Gasteiger partial charge in [-0.25, -0.2) is 0 Å². The van der Waals surface area contributed by atoms with Crippen molar-refractivity contribution >= 4 is 79.6 Å². The summed E-state index contributed by atoms with van der Waals surface area (Å²) in [5, 5.41) is 11.7. The minimum Gasteiger partial charge on any atom is -0.481 e. The van der Waals surface area contributed by atoms with Crippen molar-refractivity contribution in [1.82, 2.24) is 5.32 Å². The maximum atomic E-state index is 12.1. The molecular formula is C16H12I3NO4. The molecule has 8 heteroatoms. The zero-order valence-electron chi connectivity index (χ0n) is 12.4. The molecule has 0 radical (unpaired) electrons. The number of carbonyl (C=O) groups is 2. The topological polar surface area (TPSA) is 75.6 Å². The Labute approximate surface area is 180 Å². The van der Waals surface area contributed by atoms with Crippen molar-refractivity contribution in [2.45, 2.75) is 6.42 Å². The summed E-state index contributed by atoms with van der Waals surface area (Å²) in [5.74, 6) is -0.0965. The van der Waals surface area contributed by atoms with E-state index in [2.05, 4.69) is 73.1 Å². The van der Waals surface area contributed by atoms with E-state index in [1.165, 1.54) is 0 Å². The van der Waals surface area contributed by atoms with E-state index >= 15 is 0 Å². The zero-order chi connectivity index (χ0) is 17.9. The van der Waals surface area contributed by atoms with Crippen LogP contribution in [-0.2, 0) is 11.2 Å². The number of para-hydroxylation sites is 1. The van der Waals surface area contributed by atoms with Crippen molar-refractivity contribution in [3.05, 3.63) is 52.2 Å². The SMILES string of the molecule is CNC(=O)c1c(I)cc(I)c(Oc2ccccc2CC(=O)O)c1I. The van der Waals surface area contributed by atoms with Crippen LogP contribution in [0.5, 0.6) is 11.5 Å². The molecule has 5 nitrogen and oxygen atoms in total. The van der Waals surface area contributed by atoms with E-state index in [9.17, 15) is 9.59 Å². The summed E-state index contributed by atoms with van der Waals surface area (Å²) in [7, 11) is 1.58. The molecule has 0 saturated heterocycles. The summed E-state index contributed by atoms with van der Waals surface area (Å²) in [5.41, 5.74) is 1.13. The summed E-state index contributed by atoms with van der Waals surface area (Å²) >= 11 is 6.35. The molecule has 2 rings (SSSR count). The molecule has 0 fully saturated rings. The van der Waals surface area contributed by atoms with Crippen molar-refractivity contribution < 1.29 is 19.4 Å². The van der Waals surface area contributed by atoms with Gasteiger partial charge in [-0.1, -0.05) is 18.2 Å². The van der Waals surface area contributed by atoms with Crippen molar-refractivity contribution in [2.24, 2.45) is 0 Å². The van der Waals surface area contributed by atoms with Gasteiger partial charge in [0.1, 0.15) is 5.75 Å². The number of ether oxygens (including phenoxy) is 1. The van der Waals surface area contributed by atoms with Crippen LogP contribution >= 0.6 is 67.8 Å². The van der Waals surface area contributed by atoms with Gasteiger partial charge < -0.3 is 15.2 Å². The van der Waals surface area contributed by atoms with Gasteiger partial charge in [0.15, 0.2) is 5.75 Å². The number of carboxylic acids is 1. The highest BCUT2D eigenvalue weighted by molar-refractivity contribution is 14.1. The first-order valence-electron chi connectivity index (χ1n) is 6.72. The van der Waals surface area contributed by atoms with Gasteiger partial charge in [-0.05, 0) is 79.9 Å². The van der Waals surface area contributed by atoms with E-state index < -0.39 is 5.97 Å². The van der Waals surface area contributed by atoms with Gasteiger partial charge in [-0.3, -0.25) is 9.59 Å². The smallest absolute Gasteiger partial charge is 0.307 e. The molecule has 126 valence electrons. The first-order valence-corrected chi connectivity index (χ1v) is 9.96. The molecule has 2 N–H and O–H groups in total. The molecule has 0 saturated carbocycles. The van der Waals surface area contributed by atoms with Gasteiger partial charge >= 0.3 is 5.97 Å². The molecule has 0 aliphatic rings. The van der Waals surface area contributed by atoms with Crippen LogP contribution in [0.4, 0.5) is 0 Å². The number of rotatable bonds is 5. The van der Waals surface area contributed by atoms with Crippen LogP contribution in [0.25, 0.3) is 0 Å². The maximum Gasteiger partial charge on any atom is 0.307 e. The minimum atomic E-state index is -0.927. The molecule has 0 spiro atoms. The molecule has 2 aromatic carbocycles. The van der Waals surface area contributed by atoms with Crippen LogP contribution in [0.15, 0.2) is 30.3 Å². The second kappa shape index (κ2) is 8.65. The fraction of sp³-hybridized carbons (Fsp3) is 0.125. The van der Waals surface area contributed by atoms with Gasteiger partial charge in [0.25, 0.3) is 5.91 Å². The number of carboxylic acid groups (broad SMARTS) is 1. The van der Waals surface area contributed by atoms with E-state index in [-0.39, 0.29) is 12.3 Å². The Kier molecular flexibility index (Phi) is 7.10. The molecule has 2 aromatic rings. The average molecular weight is 663 g/mol. The van der Waals surface area contributed by atoms with Gasteiger partial charge in [-0.2, -0.15) is 0 Å². The van der Waals surface area contributed by atoms with Crippen molar-refractivity contribution in [3.63, 3.8) is 0 Å². The Bertz CT molecular complexity index is 808. The van der Waals surface area contributed by atoms with Crippen molar-refractivity contribution in [1.29, 1.82) is 0 Å². The van der Waals surface area contributed by atoms with E-state index in [0.717, 1.165) is 7.14 Å². The number of aliphatic carboxylic acids is 1. The van der Waals surface area contributed by atoms with Crippen LogP contribution in [0.2, 0.25) is 0 Å². The quantitative estimate of drug-likeness (QED) is 0.469. The lowest BCUT2D eigenvalue weighted by Gasteiger charge is -2.16. The Morgan fingerprint density at radius 1 is 1.17 bits per heavy atom. The summed E-state index contributed by atoms with van der Waals surface area (Å²) < 4.78 is 8.36. The van der Waals surface area contributed by atoms with Crippen LogP contribution in [-0.4, -0.2) is 24.0 Å². The third-order valence-electron chi connectivity index (χ3n) is 3.11. The summed E-state index contributed by atoms with van der Waals surface area (Å²) in [6, 6.07) is 8.86. The summed E-state index contributed by atoms with van der Waals surface area (Å²) in [6.07, 6.45) is -0.129. The van der Waals surface area contributed by atoms with E-state index in [1.54, 1.807) is 31.3 Å². The molecule has 1 amide bonds. The number of carbonyl (C=O) groups excluding carboxylic acids is 1. The first-order chi connectivity index (χ1) is 11.3. The van der Waals surface area contributed by atoms with Crippen LogP contribution in [0, 0.1) is 10.7 Å². The van der Waals surface area contributed by atoms with Crippen LogP contribution < -0.4 is 10.1 Å². The number of nitrogens with one attached hydrogen (secondary N) is 1. The number of hydrogen-bond acceptors (Lipinski definition) is 3. The number of hydrogen-bond donors (Lipinski definition) is 2. The Morgan fingerprint density at radius 3 is 2.46 bits per heavy atom. The fourth-order valence-corrected chi connectivity index (χ4v) is 6.10. The highest BCUT2D eigenvalue weighted by atomic mass is 127. The lowest BCUT2D eigenvalue weighted by Crippen LogP contribution is -2.21. The van der Waals surface area contributed by atoms with Gasteiger partial charge in [0.05, 0.1) is 19.1 Å². The third kappa shape index (κ3) is 4.50. The highest BCUT2D eigenvalue weighted by Gasteiger charge is 2.21. The largest absolute Gasteiger partial charge is 0.481 e. The Hall–Kier alpha value is -0.630. The van der Waals surface area contributed by atoms with Crippen molar-refractivity contribution in [3.8, 4) is 11.5 Å². The molecule has 0 aliphatic carbocycles. The average Bonchev–Trinajstić information content (AvgIpc) is 2.51. The zero-order valence-corrected chi connectivity index (χ0v) is 18.9. The maximum absolute atomic E-state index is 12.1. The van der Waals surface area contributed by atoms with Gasteiger partial charge in [-0.15, -0.1) is 0 Å². The molecule has 0 unspecified atom stereocenters. The van der Waals surface area contributed by atoms with Crippen LogP contribution in [0.3, 0.4) is 0 Å². The fourth-order valence-electron chi connectivity index (χ4n) is 2.02. The second-order valence-electron chi connectivity index (χ2n) is 4.72. The van der Waals surface area contributed by atoms with E-state index in [4.69, 9.17) is 9.84 Å². The van der Waals surface area contributed by atoms with Crippen molar-refractivity contribution in [2.75, 3.05) is 7.05 Å². The monoisotopic (exact) mass is 663 g/mol. The van der Waals surface area contributed by atoms with E-state index in [0.29, 0.717) is 26.2 Å².